The molecule has 21 heavy (non-hydrogen) atoms. The first-order chi connectivity index (χ1) is 10.2. The van der Waals surface area contributed by atoms with E-state index < -0.39 is 0 Å². The molecule has 104 valence electrons. The lowest BCUT2D eigenvalue weighted by Gasteiger charge is -2.14. The first-order valence-corrected chi connectivity index (χ1v) is 7.29. The van der Waals surface area contributed by atoms with Crippen molar-refractivity contribution in [2.24, 2.45) is 0 Å². The Balaban J connectivity index is 2.07. The average molecular weight is 293 g/mol. The van der Waals surface area contributed by atoms with E-state index in [1.165, 1.54) is 5.56 Å². The predicted molar refractivity (Wildman–Crippen MR) is 86.7 cm³/mol. The fourth-order valence-corrected chi connectivity index (χ4v) is 3.11. The number of nitrogens with one attached hydrogen (secondary N) is 1. The molecule has 0 aliphatic heterocycles. The molecule has 1 aromatic heterocycles. The minimum absolute atomic E-state index is 0.225. The highest BCUT2D eigenvalue weighted by atomic mass is 32.1. The maximum Gasteiger partial charge on any atom is 0.178 e. The van der Waals surface area contributed by atoms with Gasteiger partial charge in [0.25, 0.3) is 0 Å². The van der Waals surface area contributed by atoms with Crippen molar-refractivity contribution in [3.8, 4) is 6.07 Å². The third-order valence-corrected chi connectivity index (χ3v) is 3.99. The third kappa shape index (κ3) is 2.48. The van der Waals surface area contributed by atoms with Crippen LogP contribution in [0.1, 0.15) is 24.1 Å². The van der Waals surface area contributed by atoms with Crippen molar-refractivity contribution in [2.75, 3.05) is 0 Å². The molecule has 3 aromatic rings. The van der Waals surface area contributed by atoms with Gasteiger partial charge in [-0.15, -0.1) is 0 Å². The van der Waals surface area contributed by atoms with Gasteiger partial charge in [0.1, 0.15) is 6.07 Å². The van der Waals surface area contributed by atoms with E-state index in [2.05, 4.69) is 34.7 Å². The van der Waals surface area contributed by atoms with Gasteiger partial charge in [-0.2, -0.15) is 5.26 Å². The standard InChI is InChI=1S/C17H15N3S/c1-12(10-13-6-3-2-4-7-13)20-15-9-5-8-14(11-18)16(15)19-17(20)21/h2-9,12H,10H2,1H3,(H,19,21). The Hall–Kier alpha value is -2.38. The highest BCUT2D eigenvalue weighted by Gasteiger charge is 2.13. The molecule has 0 spiro atoms. The Labute approximate surface area is 128 Å². The largest absolute Gasteiger partial charge is 0.329 e. The molecule has 4 heteroatoms. The topological polar surface area (TPSA) is 44.5 Å². The summed E-state index contributed by atoms with van der Waals surface area (Å²) in [6, 6.07) is 18.5. The summed E-state index contributed by atoms with van der Waals surface area (Å²) in [7, 11) is 0. The zero-order valence-corrected chi connectivity index (χ0v) is 12.5. The average Bonchev–Trinajstić information content (AvgIpc) is 2.84. The van der Waals surface area contributed by atoms with Crippen LogP contribution in [-0.2, 0) is 6.42 Å². The number of hydrogen-bond donors (Lipinski definition) is 1. The molecule has 1 unspecified atom stereocenters. The number of imidazole rings is 1. The number of rotatable bonds is 3. The van der Waals surface area contributed by atoms with E-state index >= 15 is 0 Å². The molecule has 1 atom stereocenters. The van der Waals surface area contributed by atoms with E-state index in [0.717, 1.165) is 17.5 Å². The van der Waals surface area contributed by atoms with Gasteiger partial charge in [0.15, 0.2) is 4.77 Å². The molecule has 0 radical (unpaired) electrons. The molecule has 0 bridgehead atoms. The Morgan fingerprint density at radius 1 is 1.19 bits per heavy atom. The van der Waals surface area contributed by atoms with Gasteiger partial charge in [0, 0.05) is 6.04 Å². The monoisotopic (exact) mass is 293 g/mol. The van der Waals surface area contributed by atoms with E-state index in [1.54, 1.807) is 6.07 Å². The van der Waals surface area contributed by atoms with Crippen molar-refractivity contribution < 1.29 is 0 Å². The first kappa shape index (κ1) is 13.6. The fraction of sp³-hybridized carbons (Fsp3) is 0.176. The molecule has 2 aromatic carbocycles. The minimum atomic E-state index is 0.225. The van der Waals surface area contributed by atoms with Crippen molar-refractivity contribution >= 4 is 23.3 Å². The Kier molecular flexibility index (Phi) is 3.59. The number of H-pyrrole nitrogens is 1. The number of aromatic nitrogens is 2. The highest BCUT2D eigenvalue weighted by Crippen LogP contribution is 2.24. The second kappa shape index (κ2) is 5.55. The summed E-state index contributed by atoms with van der Waals surface area (Å²) in [5.41, 5.74) is 3.72. The zero-order valence-electron chi connectivity index (χ0n) is 11.7. The molecule has 0 saturated carbocycles. The van der Waals surface area contributed by atoms with Gasteiger partial charge in [-0.3, -0.25) is 0 Å². The summed E-state index contributed by atoms with van der Waals surface area (Å²) >= 11 is 5.45. The molecule has 3 nitrogen and oxygen atoms in total. The van der Waals surface area contributed by atoms with Crippen molar-refractivity contribution in [2.45, 2.75) is 19.4 Å². The van der Waals surface area contributed by atoms with E-state index in [0.29, 0.717) is 10.3 Å². The SMILES string of the molecule is CC(Cc1ccccc1)n1c(=S)[nH]c2c(C#N)cccc21. The van der Waals surface area contributed by atoms with Crippen LogP contribution in [0, 0.1) is 16.1 Å². The quantitative estimate of drug-likeness (QED) is 0.729. The van der Waals surface area contributed by atoms with Gasteiger partial charge in [-0.25, -0.2) is 0 Å². The summed E-state index contributed by atoms with van der Waals surface area (Å²) in [5.74, 6) is 0. The summed E-state index contributed by atoms with van der Waals surface area (Å²) in [4.78, 5) is 3.17. The molecule has 3 rings (SSSR count). The second-order valence-corrected chi connectivity index (χ2v) is 5.54. The van der Waals surface area contributed by atoms with Crippen LogP contribution in [0.3, 0.4) is 0 Å². The van der Waals surface area contributed by atoms with E-state index in [9.17, 15) is 5.26 Å². The lowest BCUT2D eigenvalue weighted by atomic mass is 10.1. The molecular formula is C17H15N3S. The smallest absolute Gasteiger partial charge is 0.178 e. The van der Waals surface area contributed by atoms with E-state index in [4.69, 9.17) is 12.2 Å². The number of fused-ring (bicyclic) bond motifs is 1. The second-order valence-electron chi connectivity index (χ2n) is 5.15. The molecule has 1 N–H and O–H groups in total. The van der Waals surface area contributed by atoms with Crippen LogP contribution in [0.2, 0.25) is 0 Å². The summed E-state index contributed by atoms with van der Waals surface area (Å²) in [6.45, 7) is 2.15. The Bertz CT molecular complexity index is 868. The zero-order chi connectivity index (χ0) is 14.8. The minimum Gasteiger partial charge on any atom is -0.329 e. The summed E-state index contributed by atoms with van der Waals surface area (Å²) in [6.07, 6.45) is 0.902. The first-order valence-electron chi connectivity index (χ1n) is 6.88. The van der Waals surface area contributed by atoms with Crippen molar-refractivity contribution in [1.29, 1.82) is 5.26 Å². The molecular weight excluding hydrogens is 278 g/mol. The number of aromatic amines is 1. The van der Waals surface area contributed by atoms with Crippen LogP contribution in [-0.4, -0.2) is 9.55 Å². The van der Waals surface area contributed by atoms with Crippen molar-refractivity contribution in [3.63, 3.8) is 0 Å². The number of para-hydroxylation sites is 1. The van der Waals surface area contributed by atoms with Gasteiger partial charge in [-0.1, -0.05) is 36.4 Å². The highest BCUT2D eigenvalue weighted by molar-refractivity contribution is 7.71. The predicted octanol–water partition coefficient (Wildman–Crippen LogP) is 4.37. The van der Waals surface area contributed by atoms with E-state index in [-0.39, 0.29) is 6.04 Å². The van der Waals surface area contributed by atoms with Gasteiger partial charge >= 0.3 is 0 Å². The Morgan fingerprint density at radius 3 is 2.67 bits per heavy atom. The van der Waals surface area contributed by atoms with Gasteiger partial charge in [-0.05, 0) is 43.3 Å². The fourth-order valence-electron chi connectivity index (χ4n) is 2.73. The van der Waals surface area contributed by atoms with Crippen LogP contribution in [0.25, 0.3) is 11.0 Å². The number of nitrogens with zero attached hydrogens (tertiary/aromatic N) is 2. The normalized spacial score (nSPS) is 12.2. The Morgan fingerprint density at radius 2 is 1.95 bits per heavy atom. The number of nitriles is 1. The number of benzene rings is 2. The maximum absolute atomic E-state index is 9.20. The summed E-state index contributed by atoms with van der Waals surface area (Å²) < 4.78 is 2.76. The van der Waals surface area contributed by atoms with Crippen molar-refractivity contribution in [3.05, 3.63) is 64.4 Å². The lowest BCUT2D eigenvalue weighted by molar-refractivity contribution is 0.553. The molecule has 0 aliphatic carbocycles. The maximum atomic E-state index is 9.20. The van der Waals surface area contributed by atoms with Crippen LogP contribution in [0.4, 0.5) is 0 Å². The van der Waals surface area contributed by atoms with Gasteiger partial charge in [0.2, 0.25) is 0 Å². The number of hydrogen-bond acceptors (Lipinski definition) is 2. The van der Waals surface area contributed by atoms with Gasteiger partial charge in [0.05, 0.1) is 16.6 Å². The molecule has 0 fully saturated rings. The molecule has 0 saturated heterocycles. The summed E-state index contributed by atoms with van der Waals surface area (Å²) in [5, 5.41) is 9.20. The molecule has 0 amide bonds. The van der Waals surface area contributed by atoms with E-state index in [1.807, 2.05) is 30.3 Å². The van der Waals surface area contributed by atoms with Crippen LogP contribution < -0.4 is 0 Å². The van der Waals surface area contributed by atoms with Crippen LogP contribution >= 0.6 is 12.2 Å². The third-order valence-electron chi connectivity index (χ3n) is 3.69. The molecule has 1 heterocycles. The van der Waals surface area contributed by atoms with Crippen LogP contribution in [0.15, 0.2) is 48.5 Å². The van der Waals surface area contributed by atoms with Crippen molar-refractivity contribution in [1.82, 2.24) is 9.55 Å². The van der Waals surface area contributed by atoms with Crippen LogP contribution in [0.5, 0.6) is 0 Å². The lowest BCUT2D eigenvalue weighted by Crippen LogP contribution is -2.08. The van der Waals surface area contributed by atoms with Gasteiger partial charge < -0.3 is 9.55 Å². The molecule has 0 aliphatic rings.